The van der Waals surface area contributed by atoms with Gasteiger partial charge in [-0.3, -0.25) is 0 Å². The van der Waals surface area contributed by atoms with Crippen molar-refractivity contribution in [2.75, 3.05) is 0 Å². The van der Waals surface area contributed by atoms with E-state index in [1.54, 1.807) is 13.2 Å². The molecular formula is C8H10N2O. The Morgan fingerprint density at radius 2 is 2.27 bits per heavy atom. The molecule has 1 aromatic heterocycles. The zero-order chi connectivity index (χ0) is 8.43. The summed E-state index contributed by atoms with van der Waals surface area (Å²) in [5.41, 5.74) is 7.27. The summed E-state index contributed by atoms with van der Waals surface area (Å²) in [6.45, 7) is 3.68. The molecule has 0 aliphatic carbocycles. The second-order valence-electron chi connectivity index (χ2n) is 2.50. The molecule has 0 aliphatic rings. The predicted molar refractivity (Wildman–Crippen MR) is 40.7 cm³/mol. The van der Waals surface area contributed by atoms with Crippen LogP contribution in [0, 0.1) is 25.2 Å². The van der Waals surface area contributed by atoms with E-state index in [0.717, 1.165) is 16.9 Å². The lowest BCUT2D eigenvalue weighted by Crippen LogP contribution is -2.08. The molecule has 0 aromatic carbocycles. The van der Waals surface area contributed by atoms with Gasteiger partial charge in [-0.1, -0.05) is 0 Å². The van der Waals surface area contributed by atoms with E-state index in [2.05, 4.69) is 0 Å². The minimum absolute atomic E-state index is 0.561. The van der Waals surface area contributed by atoms with Crippen LogP contribution in [0.4, 0.5) is 0 Å². The van der Waals surface area contributed by atoms with Crippen LogP contribution >= 0.6 is 0 Å². The second kappa shape index (κ2) is 2.77. The van der Waals surface area contributed by atoms with Crippen LogP contribution in [-0.2, 0) is 0 Å². The second-order valence-corrected chi connectivity index (χ2v) is 2.50. The van der Waals surface area contributed by atoms with Gasteiger partial charge in [0.25, 0.3) is 0 Å². The quantitative estimate of drug-likeness (QED) is 0.658. The van der Waals surface area contributed by atoms with Gasteiger partial charge in [-0.15, -0.1) is 0 Å². The van der Waals surface area contributed by atoms with E-state index in [1.165, 1.54) is 0 Å². The fourth-order valence-corrected chi connectivity index (χ4v) is 1.11. The maximum Gasteiger partial charge on any atom is 0.122 e. The Morgan fingerprint density at radius 1 is 1.64 bits per heavy atom. The highest BCUT2D eigenvalue weighted by Gasteiger charge is 2.13. The van der Waals surface area contributed by atoms with Crippen LogP contribution < -0.4 is 5.73 Å². The molecule has 11 heavy (non-hydrogen) atoms. The van der Waals surface area contributed by atoms with Crippen molar-refractivity contribution in [1.82, 2.24) is 0 Å². The topological polar surface area (TPSA) is 62.9 Å². The third-order valence-corrected chi connectivity index (χ3v) is 1.67. The summed E-state index contributed by atoms with van der Waals surface area (Å²) < 4.78 is 5.09. The molecule has 58 valence electrons. The van der Waals surface area contributed by atoms with Gasteiger partial charge in [0.15, 0.2) is 0 Å². The Morgan fingerprint density at radius 3 is 2.64 bits per heavy atom. The molecule has 0 aliphatic heterocycles. The molecule has 1 unspecified atom stereocenters. The minimum Gasteiger partial charge on any atom is -0.469 e. The van der Waals surface area contributed by atoms with Crippen molar-refractivity contribution in [3.05, 3.63) is 23.2 Å². The Hall–Kier alpha value is -1.27. The summed E-state index contributed by atoms with van der Waals surface area (Å²) in [5.74, 6) is 0.733. The average molecular weight is 150 g/mol. The molecule has 1 atom stereocenters. The molecule has 1 aromatic rings. The fourth-order valence-electron chi connectivity index (χ4n) is 1.11. The Bertz CT molecular complexity index is 276. The molecule has 3 heteroatoms. The number of rotatable bonds is 1. The van der Waals surface area contributed by atoms with Gasteiger partial charge < -0.3 is 10.2 Å². The van der Waals surface area contributed by atoms with E-state index in [0.29, 0.717) is 0 Å². The fraction of sp³-hybridized carbons (Fsp3) is 0.375. The smallest absolute Gasteiger partial charge is 0.122 e. The molecule has 1 heterocycles. The average Bonchev–Trinajstić information content (AvgIpc) is 2.30. The van der Waals surface area contributed by atoms with Crippen molar-refractivity contribution in [3.8, 4) is 6.07 Å². The molecule has 0 amide bonds. The maximum atomic E-state index is 8.54. The summed E-state index contributed by atoms with van der Waals surface area (Å²) in [6, 6.07) is 1.41. The Labute approximate surface area is 65.4 Å². The molecule has 1 rings (SSSR count). The maximum absolute atomic E-state index is 8.54. The molecule has 0 fully saturated rings. The van der Waals surface area contributed by atoms with Crippen LogP contribution in [0.25, 0.3) is 0 Å². The van der Waals surface area contributed by atoms with Gasteiger partial charge in [-0.05, 0) is 19.4 Å². The zero-order valence-electron chi connectivity index (χ0n) is 6.59. The van der Waals surface area contributed by atoms with Gasteiger partial charge in [0.05, 0.1) is 12.3 Å². The number of nitrogens with zero attached hydrogens (tertiary/aromatic N) is 1. The summed E-state index contributed by atoms with van der Waals surface area (Å²) in [5, 5.41) is 8.54. The highest BCUT2D eigenvalue weighted by atomic mass is 16.3. The van der Waals surface area contributed by atoms with Crippen LogP contribution in [-0.4, -0.2) is 0 Å². The molecule has 2 N–H and O–H groups in total. The minimum atomic E-state index is -0.561. The van der Waals surface area contributed by atoms with Crippen molar-refractivity contribution < 1.29 is 4.42 Å². The van der Waals surface area contributed by atoms with Crippen LogP contribution in [0.3, 0.4) is 0 Å². The first-order valence-corrected chi connectivity index (χ1v) is 3.36. The highest BCUT2D eigenvalue weighted by molar-refractivity contribution is 5.32. The van der Waals surface area contributed by atoms with Gasteiger partial charge in [0, 0.05) is 5.56 Å². The molecule has 0 bridgehead atoms. The van der Waals surface area contributed by atoms with Crippen molar-refractivity contribution in [1.29, 1.82) is 5.26 Å². The highest BCUT2D eigenvalue weighted by Crippen LogP contribution is 2.20. The Balaban J connectivity index is 3.12. The van der Waals surface area contributed by atoms with Gasteiger partial charge >= 0.3 is 0 Å². The Kier molecular flexibility index (Phi) is 1.97. The standard InChI is InChI=1S/C8H10N2O/c1-5-4-11-6(2)8(5)7(10)3-9/h4,7H,10H2,1-2H3. The number of hydrogen-bond donors (Lipinski definition) is 1. The largest absolute Gasteiger partial charge is 0.469 e. The van der Waals surface area contributed by atoms with E-state index in [9.17, 15) is 0 Å². The van der Waals surface area contributed by atoms with Gasteiger partial charge in [-0.2, -0.15) is 5.26 Å². The van der Waals surface area contributed by atoms with Gasteiger partial charge in [0.1, 0.15) is 11.8 Å². The summed E-state index contributed by atoms with van der Waals surface area (Å²) in [7, 11) is 0. The van der Waals surface area contributed by atoms with Crippen LogP contribution in [0.2, 0.25) is 0 Å². The molecule has 0 saturated carbocycles. The summed E-state index contributed by atoms with van der Waals surface area (Å²) in [6.07, 6.45) is 1.61. The van der Waals surface area contributed by atoms with Crippen molar-refractivity contribution in [2.24, 2.45) is 5.73 Å². The summed E-state index contributed by atoms with van der Waals surface area (Å²) >= 11 is 0. The number of nitriles is 1. The van der Waals surface area contributed by atoms with E-state index in [1.807, 2.05) is 13.0 Å². The summed E-state index contributed by atoms with van der Waals surface area (Å²) in [4.78, 5) is 0. The van der Waals surface area contributed by atoms with Crippen LogP contribution in [0.5, 0.6) is 0 Å². The molecule has 3 nitrogen and oxygen atoms in total. The number of aryl methyl sites for hydroxylation is 2. The zero-order valence-corrected chi connectivity index (χ0v) is 6.59. The van der Waals surface area contributed by atoms with E-state index in [4.69, 9.17) is 15.4 Å². The van der Waals surface area contributed by atoms with E-state index in [-0.39, 0.29) is 0 Å². The number of furan rings is 1. The van der Waals surface area contributed by atoms with Crippen molar-refractivity contribution in [3.63, 3.8) is 0 Å². The first-order valence-electron chi connectivity index (χ1n) is 3.36. The molecular weight excluding hydrogens is 140 g/mol. The van der Waals surface area contributed by atoms with Crippen molar-refractivity contribution >= 4 is 0 Å². The lowest BCUT2D eigenvalue weighted by atomic mass is 10.1. The number of hydrogen-bond acceptors (Lipinski definition) is 3. The first kappa shape index (κ1) is 7.83. The molecule has 0 radical (unpaired) electrons. The van der Waals surface area contributed by atoms with Crippen molar-refractivity contribution in [2.45, 2.75) is 19.9 Å². The van der Waals surface area contributed by atoms with E-state index >= 15 is 0 Å². The normalized spacial score (nSPS) is 12.5. The number of nitrogens with two attached hydrogens (primary N) is 1. The predicted octanol–water partition coefficient (Wildman–Crippen LogP) is 1.42. The third kappa shape index (κ3) is 1.26. The van der Waals surface area contributed by atoms with Gasteiger partial charge in [0.2, 0.25) is 0 Å². The SMILES string of the molecule is Cc1coc(C)c1C(N)C#N. The van der Waals surface area contributed by atoms with Crippen LogP contribution in [0.15, 0.2) is 10.7 Å². The molecule has 0 saturated heterocycles. The lowest BCUT2D eigenvalue weighted by Gasteiger charge is -2.00. The molecule has 0 spiro atoms. The monoisotopic (exact) mass is 150 g/mol. The van der Waals surface area contributed by atoms with E-state index < -0.39 is 6.04 Å². The third-order valence-electron chi connectivity index (χ3n) is 1.67. The van der Waals surface area contributed by atoms with Crippen LogP contribution in [0.1, 0.15) is 22.9 Å². The first-order chi connectivity index (χ1) is 5.16. The van der Waals surface area contributed by atoms with Gasteiger partial charge in [-0.25, -0.2) is 0 Å². The lowest BCUT2D eigenvalue weighted by molar-refractivity contribution is 0.527.